The van der Waals surface area contributed by atoms with Crippen LogP contribution in [0.4, 0.5) is 4.70 Å². The van der Waals surface area contributed by atoms with Crippen molar-refractivity contribution < 1.29 is 58.1 Å². The van der Waals surface area contributed by atoms with Gasteiger partial charge in [-0.25, -0.2) is 44.8 Å². The van der Waals surface area contributed by atoms with Crippen LogP contribution in [0, 0.1) is 16.2 Å². The summed E-state index contributed by atoms with van der Waals surface area (Å²) >= 11 is 0. The number of nitrogens with one attached hydrogen (secondary N) is 3. The van der Waals surface area contributed by atoms with Crippen molar-refractivity contribution in [2.24, 2.45) is 0 Å². The molecule has 8 N–H and O–H groups in total. The van der Waals surface area contributed by atoms with Crippen molar-refractivity contribution in [3.05, 3.63) is 0 Å². The molecule has 0 aromatic rings. The van der Waals surface area contributed by atoms with Crippen molar-refractivity contribution in [3.63, 3.8) is 0 Å². The summed E-state index contributed by atoms with van der Waals surface area (Å²) in [6.45, 7) is 0. The van der Waals surface area contributed by atoms with Gasteiger partial charge >= 0.3 is 71.1 Å². The Kier molecular flexibility index (Phi) is 71.5. The SMILES string of the molecule is F.N=C=O.N=C=O.N=C=O.O=C(O)C(=O)O.O=P(O)(O)O.[KH]. The number of hydrogen-bond acceptors (Lipinski definition) is 9. The second-order valence-corrected chi connectivity index (χ2v) is 2.46. The molecule has 0 rings (SSSR count). The average molecular weight is 377 g/mol. The third-order valence-corrected chi connectivity index (χ3v) is 0.183. The van der Waals surface area contributed by atoms with E-state index in [0.717, 1.165) is 18.2 Å². The van der Waals surface area contributed by atoms with Gasteiger partial charge in [0, 0.05) is 0 Å². The molecule has 0 amide bonds. The summed E-state index contributed by atoms with van der Waals surface area (Å²) in [7, 11) is -4.64. The summed E-state index contributed by atoms with van der Waals surface area (Å²) in [5, 5.41) is 31.0. The van der Waals surface area contributed by atoms with Crippen molar-refractivity contribution in [2.75, 3.05) is 0 Å². The van der Waals surface area contributed by atoms with E-state index in [-0.39, 0.29) is 56.1 Å². The summed E-state index contributed by atoms with van der Waals surface area (Å²) < 4.78 is 8.88. The van der Waals surface area contributed by atoms with Crippen LogP contribution in [-0.4, -0.2) is 106 Å². The van der Waals surface area contributed by atoms with E-state index in [9.17, 15) is 0 Å². The molecule has 17 heteroatoms. The maximum atomic E-state index is 9.10. The van der Waals surface area contributed by atoms with Gasteiger partial charge in [-0.3, -0.25) is 4.70 Å². The van der Waals surface area contributed by atoms with Crippen LogP contribution in [0.1, 0.15) is 0 Å². The Labute approximate surface area is 162 Å². The number of rotatable bonds is 0. The average Bonchev–Trinajstić information content (AvgIpc) is 2.18. The Balaban J connectivity index is -0.0000000259. The van der Waals surface area contributed by atoms with Crippen LogP contribution < -0.4 is 0 Å². The van der Waals surface area contributed by atoms with Crippen molar-refractivity contribution in [1.29, 1.82) is 16.2 Å². The number of carboxylic acids is 2. The standard InChI is InChI=1S/C2H2O4.3CHNO.FH.K.H3O4P.H/c3-1(4)2(5)6;3*2-1-3;;;1-5(2,3)4;/h(H,3,4)(H,5,6);3*2H;1H;;(H3,1,2,3,4);. The number of isocyanates is 3. The summed E-state index contributed by atoms with van der Waals surface area (Å²) in [6.07, 6.45) is 2.25. The molecule has 22 heavy (non-hydrogen) atoms. The molecule has 14 nitrogen and oxygen atoms in total. The van der Waals surface area contributed by atoms with Gasteiger partial charge in [0.25, 0.3) is 0 Å². The first kappa shape index (κ1) is 42.8. The third kappa shape index (κ3) is 778. The summed E-state index contributed by atoms with van der Waals surface area (Å²) in [6, 6.07) is 0. The topological polar surface area (TPSA) is 275 Å². The van der Waals surface area contributed by atoms with E-state index in [1.54, 1.807) is 0 Å². The van der Waals surface area contributed by atoms with Crippen LogP contribution in [0.3, 0.4) is 0 Å². The minimum atomic E-state index is -4.64. The van der Waals surface area contributed by atoms with E-state index in [1.165, 1.54) is 0 Å². The van der Waals surface area contributed by atoms with Gasteiger partial charge < -0.3 is 24.9 Å². The van der Waals surface area contributed by atoms with Gasteiger partial charge in [-0.2, -0.15) is 0 Å². The number of carboxylic acid groups (broad SMARTS) is 2. The van der Waals surface area contributed by atoms with Crippen molar-refractivity contribution in [1.82, 2.24) is 0 Å². The van der Waals surface area contributed by atoms with Crippen LogP contribution in [0.5, 0.6) is 0 Å². The third-order valence-electron chi connectivity index (χ3n) is 0.183. The molecule has 0 aromatic heterocycles. The fraction of sp³-hybridized carbons (Fsp3) is 0. The maximum absolute atomic E-state index is 9.10. The zero-order valence-corrected chi connectivity index (χ0v) is 10.4. The fourth-order valence-electron chi connectivity index (χ4n) is 0. The number of hydrogen-bond donors (Lipinski definition) is 8. The van der Waals surface area contributed by atoms with E-state index < -0.39 is 19.8 Å². The molecule has 0 aliphatic rings. The molecule has 0 aliphatic heterocycles. The van der Waals surface area contributed by atoms with Crippen molar-refractivity contribution in [3.8, 4) is 0 Å². The van der Waals surface area contributed by atoms with E-state index in [1.807, 2.05) is 0 Å². The Morgan fingerprint density at radius 2 is 0.818 bits per heavy atom. The molecule has 124 valence electrons. The molecule has 0 bridgehead atoms. The van der Waals surface area contributed by atoms with E-state index in [2.05, 4.69) is 0 Å². The molecular weight excluding hydrogens is 367 g/mol. The Morgan fingerprint density at radius 1 is 0.773 bits per heavy atom. The molecular formula is C5H10FKN3O11P. The summed E-state index contributed by atoms with van der Waals surface area (Å²) in [4.78, 5) is 64.8. The molecule has 0 unspecified atom stereocenters. The van der Waals surface area contributed by atoms with Crippen LogP contribution >= 0.6 is 7.82 Å². The number of halogens is 1. The minimum absolute atomic E-state index is 0. The first-order valence-corrected chi connectivity index (χ1v) is 4.82. The molecule has 0 saturated heterocycles. The number of carbonyl (C=O) groups excluding carboxylic acids is 3. The number of carbonyl (C=O) groups is 2. The van der Waals surface area contributed by atoms with Gasteiger partial charge in [-0.05, 0) is 0 Å². The molecule has 0 radical (unpaired) electrons. The first-order valence-electron chi connectivity index (χ1n) is 3.25. The molecule has 0 spiro atoms. The number of phosphoric acid groups is 1. The quantitative estimate of drug-likeness (QED) is 0.0713. The Morgan fingerprint density at radius 3 is 0.818 bits per heavy atom. The van der Waals surface area contributed by atoms with Crippen LogP contribution in [0.2, 0.25) is 0 Å². The molecule has 0 aromatic carbocycles. The zero-order valence-electron chi connectivity index (χ0n) is 9.54. The predicted molar refractivity (Wildman–Crippen MR) is 64.4 cm³/mol. The van der Waals surface area contributed by atoms with Crippen molar-refractivity contribution in [2.45, 2.75) is 0 Å². The van der Waals surface area contributed by atoms with Crippen LogP contribution in [-0.2, 0) is 28.5 Å². The molecule has 0 atom stereocenters. The molecule has 0 aliphatic carbocycles. The second kappa shape index (κ2) is 36.7. The molecule has 0 fully saturated rings. The molecule has 0 heterocycles. The van der Waals surface area contributed by atoms with Gasteiger partial charge in [-0.15, -0.1) is 0 Å². The van der Waals surface area contributed by atoms with Crippen LogP contribution in [0.25, 0.3) is 0 Å². The Hall–Kier alpha value is -1.24. The van der Waals surface area contributed by atoms with Crippen molar-refractivity contribution >= 4 is 89.4 Å². The monoisotopic (exact) mass is 377 g/mol. The zero-order chi connectivity index (χ0) is 17.8. The van der Waals surface area contributed by atoms with Gasteiger partial charge in [0.05, 0.1) is 0 Å². The second-order valence-electron chi connectivity index (χ2n) is 1.43. The predicted octanol–water partition coefficient (Wildman–Crippen LogP) is -2.57. The van der Waals surface area contributed by atoms with E-state index in [4.69, 9.17) is 69.7 Å². The van der Waals surface area contributed by atoms with E-state index >= 15 is 0 Å². The van der Waals surface area contributed by atoms with Gasteiger partial charge in [0.2, 0.25) is 18.2 Å². The number of aliphatic carboxylic acids is 2. The van der Waals surface area contributed by atoms with Gasteiger partial charge in [0.1, 0.15) is 0 Å². The van der Waals surface area contributed by atoms with E-state index in [0.29, 0.717) is 0 Å². The Bertz CT molecular complexity index is 371. The summed E-state index contributed by atoms with van der Waals surface area (Å²) in [5.41, 5.74) is 0. The summed E-state index contributed by atoms with van der Waals surface area (Å²) in [5.74, 6) is -3.65. The molecule has 0 saturated carbocycles. The van der Waals surface area contributed by atoms with Gasteiger partial charge in [-0.1, -0.05) is 0 Å². The van der Waals surface area contributed by atoms with Crippen LogP contribution in [0.15, 0.2) is 0 Å². The first-order chi connectivity index (χ1) is 8.89. The fourth-order valence-corrected chi connectivity index (χ4v) is 0. The van der Waals surface area contributed by atoms with Gasteiger partial charge in [0.15, 0.2) is 0 Å². The normalized spacial score (nSPS) is 5.77.